The molecule has 0 aliphatic rings. The van der Waals surface area contributed by atoms with E-state index in [0.29, 0.717) is 5.02 Å². The Morgan fingerprint density at radius 3 is 2.64 bits per heavy atom. The summed E-state index contributed by atoms with van der Waals surface area (Å²) >= 11 is 11.6. The molecular weight excluding hydrogens is 406 g/mol. The molecule has 8 nitrogen and oxygen atoms in total. The van der Waals surface area contributed by atoms with Crippen LogP contribution in [0.4, 0.5) is 0 Å². The fourth-order valence-corrected chi connectivity index (χ4v) is 2.37. The molecule has 0 saturated heterocycles. The zero-order chi connectivity index (χ0) is 17.7. The molecule has 12 heteroatoms. The first-order valence-electron chi connectivity index (χ1n) is 6.21. The van der Waals surface area contributed by atoms with E-state index >= 15 is 0 Å². The summed E-state index contributed by atoms with van der Waals surface area (Å²) in [6, 6.07) is 6.72. The van der Waals surface area contributed by atoms with Crippen LogP contribution in [0, 0.1) is 0 Å². The van der Waals surface area contributed by atoms with Gasteiger partial charge in [-0.05, 0) is 30.3 Å². The Morgan fingerprint density at radius 1 is 1.32 bits per heavy atom. The van der Waals surface area contributed by atoms with Crippen molar-refractivity contribution in [3.63, 3.8) is 0 Å². The van der Waals surface area contributed by atoms with Crippen LogP contribution in [0.15, 0.2) is 44.9 Å². The molecule has 0 bridgehead atoms. The molecule has 1 heterocycles. The van der Waals surface area contributed by atoms with Crippen LogP contribution < -0.4 is 39.7 Å². The van der Waals surface area contributed by atoms with E-state index in [1.807, 2.05) is 0 Å². The molecule has 1 aromatic carbocycles. The second-order valence-corrected chi connectivity index (χ2v) is 6.42. The number of ether oxygens (including phenoxy) is 1. The average Bonchev–Trinajstić information content (AvgIpc) is 2.95. The van der Waals surface area contributed by atoms with Crippen molar-refractivity contribution in [2.75, 3.05) is 6.61 Å². The zero-order valence-corrected chi connectivity index (χ0v) is 17.1. The molecule has 2 rings (SSSR count). The Bertz CT molecular complexity index is 884. The number of hydrogen-bond acceptors (Lipinski definition) is 7. The molecule has 0 aliphatic carbocycles. The summed E-state index contributed by atoms with van der Waals surface area (Å²) < 4.78 is 42.0. The summed E-state index contributed by atoms with van der Waals surface area (Å²) in [5.74, 6) is -0.344. The molecule has 0 fully saturated rings. The predicted molar refractivity (Wildman–Crippen MR) is 84.4 cm³/mol. The van der Waals surface area contributed by atoms with Gasteiger partial charge in [0, 0.05) is 5.02 Å². The molecule has 128 valence electrons. The van der Waals surface area contributed by atoms with Gasteiger partial charge in [-0.15, -0.1) is 0 Å². The number of benzene rings is 1. The van der Waals surface area contributed by atoms with Gasteiger partial charge in [0.25, 0.3) is 5.91 Å². The number of furan rings is 1. The van der Waals surface area contributed by atoms with Gasteiger partial charge < -0.3 is 13.7 Å². The van der Waals surface area contributed by atoms with Gasteiger partial charge in [0.05, 0.1) is 11.2 Å². The van der Waals surface area contributed by atoms with Crippen LogP contribution >= 0.6 is 23.2 Å². The number of halogens is 2. The van der Waals surface area contributed by atoms with Crippen LogP contribution in [0.2, 0.25) is 10.0 Å². The van der Waals surface area contributed by atoms with E-state index in [1.54, 1.807) is 6.07 Å². The topological polar surface area (TPSA) is 121 Å². The number of amides is 1. The molecule has 0 unspecified atom stereocenters. The van der Waals surface area contributed by atoms with Crippen LogP contribution in [-0.4, -0.2) is 31.7 Å². The smallest absolute Gasteiger partial charge is 0.742 e. The van der Waals surface area contributed by atoms with Gasteiger partial charge in [0.15, 0.2) is 16.7 Å². The minimum absolute atomic E-state index is 0. The SMILES string of the molecule is O=C(COc1ccc(Cl)cc1Cl)N/N=C/c1ccc(S(=O)(=O)[O-])o1.[Na+]. The van der Waals surface area contributed by atoms with E-state index < -0.39 is 21.1 Å². The molecule has 1 amide bonds. The maximum atomic E-state index is 11.6. The Morgan fingerprint density at radius 2 is 2.04 bits per heavy atom. The van der Waals surface area contributed by atoms with Crippen molar-refractivity contribution in [1.82, 2.24) is 5.43 Å². The number of nitrogens with zero attached hydrogens (tertiary/aromatic N) is 1. The Kier molecular flexibility index (Phi) is 8.42. The van der Waals surface area contributed by atoms with Gasteiger partial charge in [0.1, 0.15) is 11.5 Å². The second-order valence-electron chi connectivity index (χ2n) is 4.27. The van der Waals surface area contributed by atoms with Gasteiger partial charge in [-0.3, -0.25) is 4.79 Å². The largest absolute Gasteiger partial charge is 1.00 e. The van der Waals surface area contributed by atoms with Crippen LogP contribution in [0.25, 0.3) is 0 Å². The van der Waals surface area contributed by atoms with Crippen molar-refractivity contribution in [3.05, 3.63) is 46.1 Å². The second kappa shape index (κ2) is 9.58. The number of hydrazone groups is 1. The molecule has 0 atom stereocenters. The van der Waals surface area contributed by atoms with Gasteiger partial charge >= 0.3 is 29.6 Å². The van der Waals surface area contributed by atoms with Crippen molar-refractivity contribution in [2.45, 2.75) is 5.09 Å². The van der Waals surface area contributed by atoms with Crippen molar-refractivity contribution in [1.29, 1.82) is 0 Å². The van der Waals surface area contributed by atoms with Crippen molar-refractivity contribution >= 4 is 45.4 Å². The Balaban J connectivity index is 0.00000312. The maximum absolute atomic E-state index is 11.6. The van der Waals surface area contributed by atoms with Crippen molar-refractivity contribution < 1.29 is 56.5 Å². The minimum Gasteiger partial charge on any atom is -0.742 e. The third-order valence-electron chi connectivity index (χ3n) is 2.48. The third-order valence-corrected chi connectivity index (χ3v) is 3.72. The van der Waals surface area contributed by atoms with Crippen LogP contribution in [0.5, 0.6) is 5.75 Å². The van der Waals surface area contributed by atoms with Gasteiger partial charge in [-0.25, -0.2) is 13.8 Å². The van der Waals surface area contributed by atoms with E-state index in [1.165, 1.54) is 18.2 Å². The normalized spacial score (nSPS) is 11.2. The van der Waals surface area contributed by atoms with Crippen LogP contribution in [-0.2, 0) is 14.9 Å². The number of hydrogen-bond donors (Lipinski definition) is 1. The summed E-state index contributed by atoms with van der Waals surface area (Å²) in [4.78, 5) is 11.6. The standard InChI is InChI=1S/C13H10Cl2N2O6S.Na/c14-8-1-3-11(10(15)5-8)22-7-12(18)17-16-6-9-2-4-13(23-9)24(19,20)21;/h1-6H,7H2,(H,17,18)(H,19,20,21);/q;+1/p-1/b16-6+;. The number of carbonyl (C=O) groups excluding carboxylic acids is 1. The van der Waals surface area contributed by atoms with Gasteiger partial charge in [0.2, 0.25) is 5.09 Å². The van der Waals surface area contributed by atoms with E-state index in [2.05, 4.69) is 10.5 Å². The third kappa shape index (κ3) is 6.98. The number of nitrogens with one attached hydrogen (secondary N) is 1. The van der Waals surface area contributed by atoms with Crippen molar-refractivity contribution in [3.8, 4) is 5.75 Å². The molecular formula is C13H9Cl2N2NaO6S. The Hall–Kier alpha value is -1.07. The van der Waals surface area contributed by atoms with E-state index in [-0.39, 0.29) is 52.7 Å². The molecule has 0 saturated carbocycles. The first kappa shape index (κ1) is 22.0. The van der Waals surface area contributed by atoms with Crippen LogP contribution in [0.1, 0.15) is 5.76 Å². The van der Waals surface area contributed by atoms with Crippen molar-refractivity contribution in [2.24, 2.45) is 5.10 Å². The molecule has 25 heavy (non-hydrogen) atoms. The molecule has 2 aromatic rings. The number of rotatable bonds is 6. The molecule has 1 aromatic heterocycles. The summed E-state index contributed by atoms with van der Waals surface area (Å²) in [7, 11) is -4.68. The van der Waals surface area contributed by atoms with Crippen LogP contribution in [0.3, 0.4) is 0 Å². The molecule has 0 spiro atoms. The summed E-state index contributed by atoms with van der Waals surface area (Å²) in [5.41, 5.74) is 2.13. The molecule has 0 aliphatic heterocycles. The first-order valence-corrected chi connectivity index (χ1v) is 8.37. The molecule has 0 radical (unpaired) electrons. The number of carbonyl (C=O) groups is 1. The quantitative estimate of drug-likeness (QED) is 0.280. The predicted octanol–water partition coefficient (Wildman–Crippen LogP) is -0.976. The van der Waals surface area contributed by atoms with Gasteiger partial charge in [-0.2, -0.15) is 5.10 Å². The minimum atomic E-state index is -4.68. The fraction of sp³-hybridized carbons (Fsp3) is 0.0769. The first-order chi connectivity index (χ1) is 11.3. The molecule has 1 N–H and O–H groups in total. The fourth-order valence-electron chi connectivity index (χ4n) is 1.47. The summed E-state index contributed by atoms with van der Waals surface area (Å²) in [6.07, 6.45) is 1.03. The average molecular weight is 415 g/mol. The van der Waals surface area contributed by atoms with E-state index in [0.717, 1.165) is 12.3 Å². The zero-order valence-electron chi connectivity index (χ0n) is 12.7. The summed E-state index contributed by atoms with van der Waals surface area (Å²) in [6.45, 7) is -0.364. The Labute approximate surface area is 175 Å². The maximum Gasteiger partial charge on any atom is 1.00 e. The monoisotopic (exact) mass is 414 g/mol. The van der Waals surface area contributed by atoms with E-state index in [9.17, 15) is 17.8 Å². The summed E-state index contributed by atoms with van der Waals surface area (Å²) in [5, 5.41) is 3.48. The van der Waals surface area contributed by atoms with Gasteiger partial charge in [-0.1, -0.05) is 23.2 Å². The van der Waals surface area contributed by atoms with E-state index in [4.69, 9.17) is 32.4 Å².